The van der Waals surface area contributed by atoms with E-state index < -0.39 is 11.6 Å². The van der Waals surface area contributed by atoms with Crippen LogP contribution in [0.4, 0.5) is 10.7 Å². The first-order valence-corrected chi connectivity index (χ1v) is 12.0. The summed E-state index contributed by atoms with van der Waals surface area (Å²) in [6.07, 6.45) is 5.02. The summed E-state index contributed by atoms with van der Waals surface area (Å²) in [7, 11) is 1.57. The number of fused-ring (bicyclic) bond motifs is 1. The van der Waals surface area contributed by atoms with E-state index in [0.29, 0.717) is 30.2 Å². The lowest BCUT2D eigenvalue weighted by atomic mass is 10.0. The molecule has 192 valence electrons. The maximum atomic E-state index is 12.5. The first-order valence-electron chi connectivity index (χ1n) is 12.0. The second kappa shape index (κ2) is 10.1. The van der Waals surface area contributed by atoms with Crippen LogP contribution in [0.15, 0.2) is 30.6 Å². The van der Waals surface area contributed by atoms with Gasteiger partial charge in [-0.3, -0.25) is 0 Å². The van der Waals surface area contributed by atoms with Gasteiger partial charge in [0.1, 0.15) is 12.3 Å². The number of ether oxygens (including phenoxy) is 2. The minimum Gasteiger partial charge on any atom is -0.478 e. The summed E-state index contributed by atoms with van der Waals surface area (Å²) in [5.74, 6) is -0.551. The number of rotatable bonds is 6. The lowest BCUT2D eigenvalue weighted by Gasteiger charge is -2.34. The number of methoxy groups -OCH3 is 1. The molecule has 2 N–H and O–H groups in total. The number of aromatic nitrogens is 3. The van der Waals surface area contributed by atoms with Crippen LogP contribution in [0.25, 0.3) is 22.2 Å². The van der Waals surface area contributed by atoms with Crippen molar-refractivity contribution in [3.8, 4) is 11.3 Å². The highest BCUT2D eigenvalue weighted by atomic mass is 16.6. The quantitative estimate of drug-likeness (QED) is 0.512. The number of aromatic carboxylic acids is 1. The van der Waals surface area contributed by atoms with E-state index >= 15 is 0 Å². The number of carbonyl (C=O) groups is 2. The molecule has 1 atom stereocenters. The van der Waals surface area contributed by atoms with Gasteiger partial charge in [0, 0.05) is 49.6 Å². The van der Waals surface area contributed by atoms with Crippen LogP contribution < -0.4 is 5.32 Å². The second-order valence-electron chi connectivity index (χ2n) is 10.1. The van der Waals surface area contributed by atoms with Crippen molar-refractivity contribution < 1.29 is 24.2 Å². The summed E-state index contributed by atoms with van der Waals surface area (Å²) in [4.78, 5) is 35.4. The Morgan fingerprint density at radius 3 is 2.75 bits per heavy atom. The van der Waals surface area contributed by atoms with Gasteiger partial charge in [0.05, 0.1) is 16.8 Å². The van der Waals surface area contributed by atoms with Gasteiger partial charge in [-0.25, -0.2) is 19.6 Å². The minimum absolute atomic E-state index is 0.0183. The van der Waals surface area contributed by atoms with Crippen molar-refractivity contribution in [1.82, 2.24) is 19.4 Å². The van der Waals surface area contributed by atoms with E-state index in [-0.39, 0.29) is 24.4 Å². The first kappa shape index (κ1) is 25.4. The summed E-state index contributed by atoms with van der Waals surface area (Å²) in [5, 5.41) is 13.9. The molecule has 2 aromatic heterocycles. The van der Waals surface area contributed by atoms with E-state index in [2.05, 4.69) is 10.3 Å². The average Bonchev–Trinajstić information content (AvgIpc) is 3.18. The van der Waals surface area contributed by atoms with E-state index in [1.54, 1.807) is 34.9 Å². The standard InChI is InChI=1S/C26H33N5O5/c1-16-12-27-24(28-17-8-7-11-30(13-17)25(34)36-26(2,3)4)29-21(16)20-14-31(15-35-5)22-18(20)9-6-10-19(22)23(32)33/h6,9-10,12,14,17H,7-8,11,13,15H2,1-5H3,(H,32,33)(H,27,28,29)/t17-/m0/s1. The maximum absolute atomic E-state index is 12.5. The molecule has 3 heterocycles. The molecule has 1 amide bonds. The Balaban J connectivity index is 1.63. The Labute approximate surface area is 210 Å². The number of piperidine rings is 1. The van der Waals surface area contributed by atoms with Crippen molar-refractivity contribution in [3.05, 3.63) is 41.7 Å². The van der Waals surface area contributed by atoms with E-state index in [1.807, 2.05) is 40.0 Å². The molecule has 1 aromatic carbocycles. The number of aryl methyl sites for hydroxylation is 1. The van der Waals surface area contributed by atoms with E-state index in [1.165, 1.54) is 0 Å². The van der Waals surface area contributed by atoms with Crippen LogP contribution in [-0.2, 0) is 16.2 Å². The van der Waals surface area contributed by atoms with Gasteiger partial charge in [-0.05, 0) is 52.2 Å². The van der Waals surface area contributed by atoms with Gasteiger partial charge in [0.25, 0.3) is 0 Å². The lowest BCUT2D eigenvalue weighted by molar-refractivity contribution is 0.0206. The van der Waals surface area contributed by atoms with Crippen LogP contribution in [-0.4, -0.2) is 68.4 Å². The van der Waals surface area contributed by atoms with Crippen molar-refractivity contribution in [2.24, 2.45) is 0 Å². The smallest absolute Gasteiger partial charge is 0.410 e. The molecule has 0 aliphatic carbocycles. The molecular formula is C26H33N5O5. The number of likely N-dealkylation sites (tertiary alicyclic amines) is 1. The Morgan fingerprint density at radius 2 is 2.06 bits per heavy atom. The predicted octanol–water partition coefficient (Wildman–Crippen LogP) is 4.52. The van der Waals surface area contributed by atoms with Crippen LogP contribution in [0, 0.1) is 6.92 Å². The number of carboxylic acids is 1. The summed E-state index contributed by atoms with van der Waals surface area (Å²) in [5.41, 5.74) is 2.59. The number of para-hydroxylation sites is 1. The Kier molecular flexibility index (Phi) is 7.16. The topological polar surface area (TPSA) is 119 Å². The normalized spacial score (nSPS) is 16.2. The summed E-state index contributed by atoms with van der Waals surface area (Å²) in [6, 6.07) is 5.18. The van der Waals surface area contributed by atoms with Crippen molar-refractivity contribution in [1.29, 1.82) is 0 Å². The number of hydrogen-bond donors (Lipinski definition) is 2. The molecule has 0 unspecified atom stereocenters. The third kappa shape index (κ3) is 5.43. The molecule has 1 aliphatic rings. The summed E-state index contributed by atoms with van der Waals surface area (Å²) >= 11 is 0. The number of hydrogen-bond acceptors (Lipinski definition) is 7. The second-order valence-corrected chi connectivity index (χ2v) is 10.1. The van der Waals surface area contributed by atoms with Gasteiger partial charge in [0.15, 0.2) is 0 Å². The van der Waals surface area contributed by atoms with E-state index in [9.17, 15) is 14.7 Å². The fourth-order valence-electron chi connectivity index (χ4n) is 4.52. The third-order valence-corrected chi connectivity index (χ3v) is 6.03. The van der Waals surface area contributed by atoms with Gasteiger partial charge in [-0.2, -0.15) is 0 Å². The van der Waals surface area contributed by atoms with Crippen molar-refractivity contribution in [2.75, 3.05) is 25.5 Å². The highest BCUT2D eigenvalue weighted by Gasteiger charge is 2.28. The molecule has 0 spiro atoms. The zero-order chi connectivity index (χ0) is 26.0. The molecule has 0 bridgehead atoms. The minimum atomic E-state index is -1.00. The molecule has 10 heteroatoms. The summed E-state index contributed by atoms with van der Waals surface area (Å²) in [6.45, 7) is 8.84. The Morgan fingerprint density at radius 1 is 1.28 bits per heavy atom. The molecule has 10 nitrogen and oxygen atoms in total. The Hall–Kier alpha value is -3.66. The van der Waals surface area contributed by atoms with Crippen LogP contribution in [0.1, 0.15) is 49.5 Å². The number of anilines is 1. The van der Waals surface area contributed by atoms with Crippen LogP contribution in [0.2, 0.25) is 0 Å². The van der Waals surface area contributed by atoms with Crippen molar-refractivity contribution in [2.45, 2.75) is 58.9 Å². The molecule has 3 aromatic rings. The number of benzene rings is 1. The zero-order valence-electron chi connectivity index (χ0n) is 21.4. The van der Waals surface area contributed by atoms with Gasteiger partial charge in [-0.15, -0.1) is 0 Å². The zero-order valence-corrected chi connectivity index (χ0v) is 21.4. The van der Waals surface area contributed by atoms with Gasteiger partial charge in [0.2, 0.25) is 5.95 Å². The molecule has 1 fully saturated rings. The molecule has 1 aliphatic heterocycles. The molecule has 36 heavy (non-hydrogen) atoms. The molecule has 1 saturated heterocycles. The van der Waals surface area contributed by atoms with Gasteiger partial charge < -0.3 is 29.4 Å². The molecular weight excluding hydrogens is 462 g/mol. The highest BCUT2D eigenvalue weighted by molar-refractivity contribution is 6.07. The number of carbonyl (C=O) groups excluding carboxylic acids is 1. The van der Waals surface area contributed by atoms with E-state index in [0.717, 1.165) is 29.4 Å². The average molecular weight is 496 g/mol. The van der Waals surface area contributed by atoms with Gasteiger partial charge in [-0.1, -0.05) is 12.1 Å². The van der Waals surface area contributed by atoms with Crippen LogP contribution in [0.3, 0.4) is 0 Å². The fraction of sp³-hybridized carbons (Fsp3) is 0.462. The predicted molar refractivity (Wildman–Crippen MR) is 136 cm³/mol. The SMILES string of the molecule is COCn1cc(-c2nc(N[C@H]3CCCN(C(=O)OC(C)(C)C)C3)ncc2C)c2cccc(C(=O)O)c21. The molecule has 0 saturated carbocycles. The lowest BCUT2D eigenvalue weighted by Crippen LogP contribution is -2.47. The molecule has 4 rings (SSSR count). The fourth-order valence-corrected chi connectivity index (χ4v) is 4.52. The van der Waals surface area contributed by atoms with Gasteiger partial charge >= 0.3 is 12.1 Å². The molecule has 0 radical (unpaired) electrons. The monoisotopic (exact) mass is 495 g/mol. The number of amides is 1. The van der Waals surface area contributed by atoms with Crippen molar-refractivity contribution in [3.63, 3.8) is 0 Å². The van der Waals surface area contributed by atoms with E-state index in [4.69, 9.17) is 14.5 Å². The maximum Gasteiger partial charge on any atom is 0.410 e. The Bertz CT molecular complexity index is 1280. The van der Waals surface area contributed by atoms with Crippen molar-refractivity contribution >= 4 is 28.9 Å². The number of nitrogens with one attached hydrogen (secondary N) is 1. The first-order chi connectivity index (χ1) is 17.1. The third-order valence-electron chi connectivity index (χ3n) is 6.03. The highest BCUT2D eigenvalue weighted by Crippen LogP contribution is 2.34. The largest absolute Gasteiger partial charge is 0.478 e. The number of nitrogens with zero attached hydrogens (tertiary/aromatic N) is 4. The van der Waals surface area contributed by atoms with Crippen LogP contribution >= 0.6 is 0 Å². The summed E-state index contributed by atoms with van der Waals surface area (Å²) < 4.78 is 12.6. The van der Waals surface area contributed by atoms with Crippen LogP contribution in [0.5, 0.6) is 0 Å². The number of carboxylic acid groups (broad SMARTS) is 1.